The van der Waals surface area contributed by atoms with Gasteiger partial charge in [-0.2, -0.15) is 0 Å². The molecule has 0 spiro atoms. The van der Waals surface area contributed by atoms with Gasteiger partial charge in [0, 0.05) is 16.2 Å². The third-order valence-corrected chi connectivity index (χ3v) is 6.69. The van der Waals surface area contributed by atoms with Gasteiger partial charge in [-0.05, 0) is 67.9 Å². The molecule has 0 saturated carbocycles. The van der Waals surface area contributed by atoms with E-state index in [1.165, 1.54) is 12.0 Å². The van der Waals surface area contributed by atoms with Crippen molar-refractivity contribution < 1.29 is 23.9 Å². The molecule has 3 rings (SSSR count). The number of aryl methyl sites for hydroxylation is 1. The van der Waals surface area contributed by atoms with Crippen LogP contribution < -0.4 is 14.8 Å². The number of methoxy groups -OCH3 is 1. The highest BCUT2D eigenvalue weighted by atomic mass is 79.9. The molecule has 9 heteroatoms. The Morgan fingerprint density at radius 3 is 2.55 bits per heavy atom. The van der Waals surface area contributed by atoms with Crippen molar-refractivity contribution >= 4 is 56.5 Å². The number of nitrogens with one attached hydrogen (secondary N) is 1. The number of benzene rings is 2. The summed E-state index contributed by atoms with van der Waals surface area (Å²) in [6.45, 7) is 5.54. The first-order valence-electron chi connectivity index (χ1n) is 10.4. The molecule has 174 valence electrons. The molecule has 2 aromatic rings. The first-order valence-corrected chi connectivity index (χ1v) is 12.0. The van der Waals surface area contributed by atoms with Gasteiger partial charge in [-0.15, -0.1) is 0 Å². The number of thioether (sulfide) groups is 1. The van der Waals surface area contributed by atoms with Crippen LogP contribution in [0, 0.1) is 6.92 Å². The molecule has 0 aromatic heterocycles. The van der Waals surface area contributed by atoms with Gasteiger partial charge in [-0.25, -0.2) is 0 Å². The molecule has 1 aliphatic rings. The van der Waals surface area contributed by atoms with Crippen LogP contribution in [-0.4, -0.2) is 41.7 Å². The highest BCUT2D eigenvalue weighted by Crippen LogP contribution is 2.38. The molecule has 1 saturated heterocycles. The van der Waals surface area contributed by atoms with Crippen LogP contribution in [0.2, 0.25) is 0 Å². The number of nitrogens with zero attached hydrogens (tertiary/aromatic N) is 1. The van der Waals surface area contributed by atoms with E-state index in [9.17, 15) is 14.4 Å². The van der Waals surface area contributed by atoms with Gasteiger partial charge in [0.25, 0.3) is 17.1 Å². The third-order valence-electron chi connectivity index (χ3n) is 5.12. The van der Waals surface area contributed by atoms with Gasteiger partial charge in [-0.3, -0.25) is 19.3 Å². The zero-order chi connectivity index (χ0) is 24.1. The first-order chi connectivity index (χ1) is 15.7. The summed E-state index contributed by atoms with van der Waals surface area (Å²) in [5.41, 5.74) is 2.44. The second kappa shape index (κ2) is 10.9. The Morgan fingerprint density at radius 2 is 1.91 bits per heavy atom. The second-order valence-electron chi connectivity index (χ2n) is 7.54. The molecule has 33 heavy (non-hydrogen) atoms. The predicted molar refractivity (Wildman–Crippen MR) is 134 cm³/mol. The second-order valence-corrected chi connectivity index (χ2v) is 9.38. The maximum Gasteiger partial charge on any atom is 0.293 e. The summed E-state index contributed by atoms with van der Waals surface area (Å²) in [6, 6.07) is 10.7. The molecule has 7 nitrogen and oxygen atoms in total. The Kier molecular flexibility index (Phi) is 8.20. The summed E-state index contributed by atoms with van der Waals surface area (Å²) in [7, 11) is 1.49. The van der Waals surface area contributed by atoms with Crippen LogP contribution >= 0.6 is 27.7 Å². The van der Waals surface area contributed by atoms with Crippen molar-refractivity contribution in [1.29, 1.82) is 0 Å². The molecule has 1 atom stereocenters. The van der Waals surface area contributed by atoms with Crippen LogP contribution in [0.25, 0.3) is 6.08 Å². The topological polar surface area (TPSA) is 84.9 Å². The number of ether oxygens (including phenoxy) is 2. The van der Waals surface area contributed by atoms with Crippen LogP contribution in [0.1, 0.15) is 31.4 Å². The zero-order valence-electron chi connectivity index (χ0n) is 18.8. The van der Waals surface area contributed by atoms with Crippen LogP contribution in [-0.2, 0) is 9.59 Å². The molecule has 1 heterocycles. The molecular weight excluding hydrogens is 508 g/mol. The normalized spacial score (nSPS) is 15.7. The number of imide groups is 1. The first kappa shape index (κ1) is 24.9. The molecule has 2 aromatic carbocycles. The molecule has 0 radical (unpaired) electrons. The van der Waals surface area contributed by atoms with Gasteiger partial charge in [0.2, 0.25) is 0 Å². The van der Waals surface area contributed by atoms with Crippen molar-refractivity contribution in [2.24, 2.45) is 0 Å². The van der Waals surface area contributed by atoms with E-state index in [0.717, 1.165) is 17.3 Å². The maximum absolute atomic E-state index is 12.7. The minimum Gasteiger partial charge on any atom is -0.493 e. The van der Waals surface area contributed by atoms with Crippen LogP contribution in [0.5, 0.6) is 11.5 Å². The van der Waals surface area contributed by atoms with E-state index in [0.29, 0.717) is 38.5 Å². The van der Waals surface area contributed by atoms with E-state index in [2.05, 4.69) is 21.2 Å². The molecule has 1 aliphatic heterocycles. The van der Waals surface area contributed by atoms with Gasteiger partial charge in [0.15, 0.2) is 18.1 Å². The standard InChI is InChI=1S/C24H25BrN2O5S/c1-5-15(3)27-23(29)21(33-24(27)30)11-16-10-19(31-4)20(12-18(16)25)32-13-22(28)26-17-8-6-14(2)7-9-17/h6-12,15H,5,13H2,1-4H3,(H,26,28)/b21-11+/t15-/m0/s1. The quantitative estimate of drug-likeness (QED) is 0.444. The minimum atomic E-state index is -0.307. The number of hydrogen-bond donors (Lipinski definition) is 1. The number of anilines is 1. The monoisotopic (exact) mass is 532 g/mol. The summed E-state index contributed by atoms with van der Waals surface area (Å²) >= 11 is 4.39. The fraction of sp³-hybridized carbons (Fsp3) is 0.292. The van der Waals surface area contributed by atoms with E-state index >= 15 is 0 Å². The van der Waals surface area contributed by atoms with Crippen molar-refractivity contribution in [2.45, 2.75) is 33.2 Å². The summed E-state index contributed by atoms with van der Waals surface area (Å²) in [5, 5.41) is 2.50. The van der Waals surface area contributed by atoms with Crippen LogP contribution in [0.3, 0.4) is 0 Å². The lowest BCUT2D eigenvalue weighted by atomic mass is 10.1. The lowest BCUT2D eigenvalue weighted by molar-refractivity contribution is -0.124. The molecule has 0 aliphatic carbocycles. The predicted octanol–water partition coefficient (Wildman–Crippen LogP) is 5.62. The summed E-state index contributed by atoms with van der Waals surface area (Å²) in [5.74, 6) is 0.153. The summed E-state index contributed by atoms with van der Waals surface area (Å²) < 4.78 is 11.7. The van der Waals surface area contributed by atoms with Crippen molar-refractivity contribution in [3.05, 3.63) is 56.9 Å². The highest BCUT2D eigenvalue weighted by molar-refractivity contribution is 9.10. The van der Waals surface area contributed by atoms with Gasteiger partial charge in [0.1, 0.15) is 0 Å². The van der Waals surface area contributed by atoms with E-state index in [1.807, 2.05) is 45.0 Å². The zero-order valence-corrected chi connectivity index (χ0v) is 21.2. The molecule has 0 unspecified atom stereocenters. The largest absolute Gasteiger partial charge is 0.493 e. The lowest BCUT2D eigenvalue weighted by Crippen LogP contribution is -2.36. The number of carbonyl (C=O) groups excluding carboxylic acids is 3. The average Bonchev–Trinajstić information content (AvgIpc) is 3.07. The van der Waals surface area contributed by atoms with Crippen molar-refractivity contribution in [1.82, 2.24) is 4.90 Å². The Hall–Kier alpha value is -2.78. The van der Waals surface area contributed by atoms with Gasteiger partial charge >= 0.3 is 0 Å². The number of hydrogen-bond acceptors (Lipinski definition) is 6. The summed E-state index contributed by atoms with van der Waals surface area (Å²) in [4.78, 5) is 38.9. The van der Waals surface area contributed by atoms with Crippen LogP contribution in [0.15, 0.2) is 45.8 Å². The van der Waals surface area contributed by atoms with Gasteiger partial charge in [0.05, 0.1) is 12.0 Å². The number of carbonyl (C=O) groups is 3. The van der Waals surface area contributed by atoms with Gasteiger partial charge in [-0.1, -0.05) is 40.5 Å². The Balaban J connectivity index is 1.74. The number of amides is 3. The highest BCUT2D eigenvalue weighted by Gasteiger charge is 2.37. The van der Waals surface area contributed by atoms with Crippen molar-refractivity contribution in [3.8, 4) is 11.5 Å². The Bertz CT molecular complexity index is 1100. The van der Waals surface area contributed by atoms with Crippen molar-refractivity contribution in [2.75, 3.05) is 19.0 Å². The Morgan fingerprint density at radius 1 is 1.21 bits per heavy atom. The minimum absolute atomic E-state index is 0.164. The molecular formula is C24H25BrN2O5S. The average molecular weight is 533 g/mol. The van der Waals surface area contributed by atoms with E-state index in [1.54, 1.807) is 18.2 Å². The molecule has 3 amide bonds. The number of rotatable bonds is 8. The smallest absolute Gasteiger partial charge is 0.293 e. The maximum atomic E-state index is 12.7. The fourth-order valence-corrected chi connectivity index (χ4v) is 4.45. The van der Waals surface area contributed by atoms with E-state index < -0.39 is 0 Å². The van der Waals surface area contributed by atoms with Gasteiger partial charge < -0.3 is 14.8 Å². The third kappa shape index (κ3) is 5.97. The lowest BCUT2D eigenvalue weighted by Gasteiger charge is -2.19. The van der Waals surface area contributed by atoms with E-state index in [-0.39, 0.29) is 29.7 Å². The summed E-state index contributed by atoms with van der Waals surface area (Å²) in [6.07, 6.45) is 2.33. The van der Waals surface area contributed by atoms with Crippen LogP contribution in [0.4, 0.5) is 10.5 Å². The Labute approximate surface area is 205 Å². The molecule has 0 bridgehead atoms. The number of halogens is 1. The molecule has 1 N–H and O–H groups in total. The van der Waals surface area contributed by atoms with Crippen molar-refractivity contribution in [3.63, 3.8) is 0 Å². The SMILES string of the molecule is CC[C@H](C)N1C(=O)S/C(=C/c2cc(OC)c(OCC(=O)Nc3ccc(C)cc3)cc2Br)C1=O. The molecule has 1 fully saturated rings. The fourth-order valence-electron chi connectivity index (χ4n) is 3.09. The van der Waals surface area contributed by atoms with E-state index in [4.69, 9.17) is 9.47 Å².